The molecule has 1 aromatic carbocycles. The summed E-state index contributed by atoms with van der Waals surface area (Å²) in [6.07, 6.45) is 4.06. The van der Waals surface area contributed by atoms with Crippen LogP contribution in [0.1, 0.15) is 42.4 Å². The van der Waals surface area contributed by atoms with Crippen molar-refractivity contribution < 1.29 is 4.74 Å². The Hall–Kier alpha value is -0.860. The van der Waals surface area contributed by atoms with Crippen LogP contribution in [0.5, 0.6) is 0 Å². The number of nitrogens with two attached hydrogens (primary N) is 1. The zero-order chi connectivity index (χ0) is 11.0. The maximum atomic E-state index is 5.82. The van der Waals surface area contributed by atoms with Crippen LogP contribution >= 0.6 is 0 Å². The summed E-state index contributed by atoms with van der Waals surface area (Å²) in [5, 5.41) is 0. The van der Waals surface area contributed by atoms with E-state index in [0.29, 0.717) is 5.92 Å². The van der Waals surface area contributed by atoms with Crippen molar-refractivity contribution in [2.24, 2.45) is 11.7 Å². The van der Waals surface area contributed by atoms with Gasteiger partial charge in [-0.05, 0) is 42.9 Å². The van der Waals surface area contributed by atoms with Crippen LogP contribution in [0, 0.1) is 5.92 Å². The van der Waals surface area contributed by atoms with E-state index in [4.69, 9.17) is 10.5 Å². The second kappa shape index (κ2) is 4.19. The van der Waals surface area contributed by atoms with Gasteiger partial charge < -0.3 is 10.5 Å². The standard InChI is InChI=1S/C14H19NO/c15-9-13-6-7-16-14(13)12-3-1-2-11(8-12)10-4-5-10/h1-3,8,10,13-14H,4-7,9,15H2. The van der Waals surface area contributed by atoms with E-state index in [9.17, 15) is 0 Å². The van der Waals surface area contributed by atoms with Gasteiger partial charge in [-0.15, -0.1) is 0 Å². The average Bonchev–Trinajstić information content (AvgIpc) is 3.07. The van der Waals surface area contributed by atoms with Gasteiger partial charge in [0.2, 0.25) is 0 Å². The van der Waals surface area contributed by atoms with Crippen molar-refractivity contribution in [3.63, 3.8) is 0 Å². The van der Waals surface area contributed by atoms with Crippen LogP contribution in [0.25, 0.3) is 0 Å². The van der Waals surface area contributed by atoms with Gasteiger partial charge in [-0.1, -0.05) is 24.3 Å². The fourth-order valence-electron chi connectivity index (χ4n) is 2.65. The van der Waals surface area contributed by atoms with Crippen molar-refractivity contribution in [2.75, 3.05) is 13.2 Å². The van der Waals surface area contributed by atoms with Gasteiger partial charge in [-0.2, -0.15) is 0 Å². The lowest BCUT2D eigenvalue weighted by molar-refractivity contribution is 0.0924. The zero-order valence-electron chi connectivity index (χ0n) is 9.56. The summed E-state index contributed by atoms with van der Waals surface area (Å²) < 4.78 is 5.82. The van der Waals surface area contributed by atoms with Gasteiger partial charge in [0.15, 0.2) is 0 Å². The van der Waals surface area contributed by atoms with E-state index in [2.05, 4.69) is 24.3 Å². The van der Waals surface area contributed by atoms with Gasteiger partial charge >= 0.3 is 0 Å². The number of hydrogen-bond acceptors (Lipinski definition) is 2. The fourth-order valence-corrected chi connectivity index (χ4v) is 2.65. The van der Waals surface area contributed by atoms with Crippen LogP contribution in [0.15, 0.2) is 24.3 Å². The van der Waals surface area contributed by atoms with Crippen LogP contribution in [0.2, 0.25) is 0 Å². The fraction of sp³-hybridized carbons (Fsp3) is 0.571. The molecular formula is C14H19NO. The van der Waals surface area contributed by atoms with Crippen LogP contribution in [-0.2, 0) is 4.74 Å². The van der Waals surface area contributed by atoms with Crippen LogP contribution in [0.3, 0.4) is 0 Å². The molecule has 2 heteroatoms. The van der Waals surface area contributed by atoms with Gasteiger partial charge in [0.05, 0.1) is 6.10 Å². The third-order valence-electron chi connectivity index (χ3n) is 3.80. The minimum Gasteiger partial charge on any atom is -0.373 e. The number of benzene rings is 1. The Morgan fingerprint density at radius 3 is 2.75 bits per heavy atom. The quantitative estimate of drug-likeness (QED) is 0.844. The normalized spacial score (nSPS) is 29.6. The molecule has 2 atom stereocenters. The van der Waals surface area contributed by atoms with Gasteiger partial charge in [-0.25, -0.2) is 0 Å². The number of hydrogen-bond donors (Lipinski definition) is 1. The Kier molecular flexibility index (Phi) is 2.70. The third kappa shape index (κ3) is 1.87. The van der Waals surface area contributed by atoms with Crippen molar-refractivity contribution in [1.82, 2.24) is 0 Å². The van der Waals surface area contributed by atoms with Gasteiger partial charge in [0.25, 0.3) is 0 Å². The molecule has 2 nitrogen and oxygen atoms in total. The Morgan fingerprint density at radius 1 is 1.19 bits per heavy atom. The minimum atomic E-state index is 0.240. The predicted octanol–water partition coefficient (Wildman–Crippen LogP) is 2.60. The number of rotatable bonds is 3. The van der Waals surface area contributed by atoms with Crippen molar-refractivity contribution in [2.45, 2.75) is 31.3 Å². The molecule has 0 bridgehead atoms. The molecule has 86 valence electrons. The monoisotopic (exact) mass is 217 g/mol. The Balaban J connectivity index is 1.84. The van der Waals surface area contributed by atoms with E-state index < -0.39 is 0 Å². The molecular weight excluding hydrogens is 198 g/mol. The molecule has 0 spiro atoms. The highest BCUT2D eigenvalue weighted by atomic mass is 16.5. The van der Waals surface area contributed by atoms with Crippen molar-refractivity contribution in [3.05, 3.63) is 35.4 Å². The van der Waals surface area contributed by atoms with Crippen LogP contribution in [-0.4, -0.2) is 13.2 Å². The molecule has 0 amide bonds. The molecule has 1 aliphatic heterocycles. The first-order valence-electron chi connectivity index (χ1n) is 6.30. The number of ether oxygens (including phenoxy) is 1. The Morgan fingerprint density at radius 2 is 2.00 bits per heavy atom. The Bertz CT molecular complexity index is 373. The molecule has 2 N–H and O–H groups in total. The molecule has 0 aromatic heterocycles. The lowest BCUT2D eigenvalue weighted by Gasteiger charge is -2.17. The van der Waals surface area contributed by atoms with Crippen molar-refractivity contribution >= 4 is 0 Å². The molecule has 2 unspecified atom stereocenters. The average molecular weight is 217 g/mol. The molecule has 2 aliphatic rings. The molecule has 3 rings (SSSR count). The summed E-state index contributed by atoms with van der Waals surface area (Å²) in [5.74, 6) is 1.33. The molecule has 16 heavy (non-hydrogen) atoms. The van der Waals surface area contributed by atoms with Gasteiger partial charge in [-0.3, -0.25) is 0 Å². The van der Waals surface area contributed by atoms with E-state index in [0.717, 1.165) is 25.5 Å². The second-order valence-corrected chi connectivity index (χ2v) is 5.02. The summed E-state index contributed by atoms with van der Waals surface area (Å²) in [6.45, 7) is 1.60. The summed E-state index contributed by atoms with van der Waals surface area (Å²) in [6, 6.07) is 8.92. The van der Waals surface area contributed by atoms with Gasteiger partial charge in [0.1, 0.15) is 0 Å². The molecule has 1 aliphatic carbocycles. The first-order valence-corrected chi connectivity index (χ1v) is 6.30. The lowest BCUT2D eigenvalue weighted by Crippen LogP contribution is -2.17. The lowest BCUT2D eigenvalue weighted by atomic mass is 9.94. The van der Waals surface area contributed by atoms with Gasteiger partial charge in [0, 0.05) is 12.5 Å². The molecule has 1 aromatic rings. The molecule has 0 radical (unpaired) electrons. The summed E-state index contributed by atoms with van der Waals surface area (Å²) in [5.41, 5.74) is 8.61. The summed E-state index contributed by atoms with van der Waals surface area (Å²) >= 11 is 0. The predicted molar refractivity (Wildman–Crippen MR) is 64.3 cm³/mol. The Labute approximate surface area is 96.8 Å². The maximum Gasteiger partial charge on any atom is 0.0866 e. The highest BCUT2D eigenvalue weighted by molar-refractivity contribution is 5.31. The van der Waals surface area contributed by atoms with Crippen LogP contribution < -0.4 is 5.73 Å². The maximum absolute atomic E-state index is 5.82. The SMILES string of the molecule is NCC1CCOC1c1cccc(C2CC2)c1. The summed E-state index contributed by atoms with van der Waals surface area (Å²) in [4.78, 5) is 0. The zero-order valence-corrected chi connectivity index (χ0v) is 9.56. The second-order valence-electron chi connectivity index (χ2n) is 5.02. The molecule has 1 heterocycles. The molecule has 2 fully saturated rings. The van der Waals surface area contributed by atoms with E-state index in [1.807, 2.05) is 0 Å². The minimum absolute atomic E-state index is 0.240. The van der Waals surface area contributed by atoms with Crippen LogP contribution in [0.4, 0.5) is 0 Å². The van der Waals surface area contributed by atoms with E-state index >= 15 is 0 Å². The topological polar surface area (TPSA) is 35.2 Å². The largest absolute Gasteiger partial charge is 0.373 e. The molecule has 1 saturated heterocycles. The molecule has 1 saturated carbocycles. The third-order valence-corrected chi connectivity index (χ3v) is 3.80. The first-order chi connectivity index (χ1) is 7.88. The first kappa shape index (κ1) is 10.3. The van der Waals surface area contributed by atoms with E-state index in [1.54, 1.807) is 0 Å². The van der Waals surface area contributed by atoms with Crippen molar-refractivity contribution in [3.8, 4) is 0 Å². The summed E-state index contributed by atoms with van der Waals surface area (Å²) in [7, 11) is 0. The highest BCUT2D eigenvalue weighted by Crippen LogP contribution is 2.42. The smallest absolute Gasteiger partial charge is 0.0866 e. The highest BCUT2D eigenvalue weighted by Gasteiger charge is 2.30. The van der Waals surface area contributed by atoms with E-state index in [-0.39, 0.29) is 6.10 Å². The van der Waals surface area contributed by atoms with Crippen molar-refractivity contribution in [1.29, 1.82) is 0 Å². The van der Waals surface area contributed by atoms with E-state index in [1.165, 1.54) is 24.0 Å².